The number of nitrogens with zero attached hydrogens (tertiary/aromatic N) is 4. The van der Waals surface area contributed by atoms with Crippen molar-refractivity contribution >= 4 is 5.95 Å². The Bertz CT molecular complexity index is 602. The number of hydrogen-bond donors (Lipinski definition) is 1. The molecule has 1 aliphatic rings. The van der Waals surface area contributed by atoms with Gasteiger partial charge in [-0.1, -0.05) is 0 Å². The van der Waals surface area contributed by atoms with Crippen LogP contribution in [0.25, 0.3) is 11.3 Å². The van der Waals surface area contributed by atoms with Gasteiger partial charge in [0.1, 0.15) is 6.10 Å². The zero-order chi connectivity index (χ0) is 15.2. The molecule has 0 radical (unpaired) electrons. The molecule has 1 fully saturated rings. The molecule has 1 N–H and O–H groups in total. The normalized spacial score (nSPS) is 17.6. The average Bonchev–Trinajstić information content (AvgIpc) is 3.10. The van der Waals surface area contributed by atoms with Gasteiger partial charge in [0.25, 0.3) is 0 Å². The third-order valence-corrected chi connectivity index (χ3v) is 3.48. The number of ether oxygens (including phenoxy) is 2. The molecule has 0 bridgehead atoms. The third-order valence-electron chi connectivity index (χ3n) is 3.48. The molecule has 0 aliphatic carbocycles. The average molecular weight is 301 g/mol. The van der Waals surface area contributed by atoms with Crippen LogP contribution in [0.1, 0.15) is 24.6 Å². The van der Waals surface area contributed by atoms with Gasteiger partial charge in [0.15, 0.2) is 0 Å². The van der Waals surface area contributed by atoms with Gasteiger partial charge in [-0.3, -0.25) is 9.97 Å². The molecule has 1 unspecified atom stereocenters. The molecule has 2 aromatic rings. The van der Waals surface area contributed by atoms with E-state index in [4.69, 9.17) is 9.47 Å². The maximum atomic E-state index is 5.79. The summed E-state index contributed by atoms with van der Waals surface area (Å²) < 4.78 is 10.8. The van der Waals surface area contributed by atoms with Gasteiger partial charge in [-0.15, -0.1) is 0 Å². The van der Waals surface area contributed by atoms with E-state index in [1.807, 2.05) is 0 Å². The number of anilines is 1. The Morgan fingerprint density at radius 2 is 2.27 bits per heavy atom. The molecule has 116 valence electrons. The SMILES string of the molecule is COCCNc1ncc(-c2cnccn2)c(C2CCCO2)n1. The lowest BCUT2D eigenvalue weighted by Crippen LogP contribution is -2.13. The van der Waals surface area contributed by atoms with Crippen molar-refractivity contribution < 1.29 is 9.47 Å². The van der Waals surface area contributed by atoms with Crippen LogP contribution < -0.4 is 5.32 Å². The highest BCUT2D eigenvalue weighted by Crippen LogP contribution is 2.33. The largest absolute Gasteiger partial charge is 0.383 e. The van der Waals surface area contributed by atoms with Crippen LogP contribution in [0.4, 0.5) is 5.95 Å². The lowest BCUT2D eigenvalue weighted by molar-refractivity contribution is 0.109. The Hall–Kier alpha value is -2.12. The molecule has 0 saturated carbocycles. The van der Waals surface area contributed by atoms with Crippen LogP contribution in [0.5, 0.6) is 0 Å². The second-order valence-electron chi connectivity index (χ2n) is 5.00. The van der Waals surface area contributed by atoms with E-state index in [9.17, 15) is 0 Å². The highest BCUT2D eigenvalue weighted by atomic mass is 16.5. The minimum Gasteiger partial charge on any atom is -0.383 e. The molecule has 7 nitrogen and oxygen atoms in total. The third kappa shape index (κ3) is 3.37. The number of nitrogens with one attached hydrogen (secondary N) is 1. The van der Waals surface area contributed by atoms with E-state index in [0.29, 0.717) is 19.1 Å². The predicted molar refractivity (Wildman–Crippen MR) is 81.4 cm³/mol. The van der Waals surface area contributed by atoms with Crippen molar-refractivity contribution in [3.05, 3.63) is 30.5 Å². The van der Waals surface area contributed by atoms with Crippen LogP contribution in [0, 0.1) is 0 Å². The number of hydrogen-bond acceptors (Lipinski definition) is 7. The van der Waals surface area contributed by atoms with Crippen molar-refractivity contribution in [2.75, 3.05) is 32.2 Å². The van der Waals surface area contributed by atoms with E-state index in [-0.39, 0.29) is 6.10 Å². The van der Waals surface area contributed by atoms with E-state index in [1.165, 1.54) is 0 Å². The molecular formula is C15H19N5O2. The maximum absolute atomic E-state index is 5.79. The maximum Gasteiger partial charge on any atom is 0.223 e. The fraction of sp³-hybridized carbons (Fsp3) is 0.467. The molecule has 7 heteroatoms. The van der Waals surface area contributed by atoms with Gasteiger partial charge < -0.3 is 14.8 Å². The molecule has 0 amide bonds. The quantitative estimate of drug-likeness (QED) is 0.815. The molecule has 1 aliphatic heterocycles. The second-order valence-corrected chi connectivity index (χ2v) is 5.00. The van der Waals surface area contributed by atoms with Crippen LogP contribution in [-0.2, 0) is 9.47 Å². The van der Waals surface area contributed by atoms with Crippen LogP contribution in [0.15, 0.2) is 24.8 Å². The first-order chi connectivity index (χ1) is 10.9. The molecule has 22 heavy (non-hydrogen) atoms. The first-order valence-corrected chi connectivity index (χ1v) is 7.36. The van der Waals surface area contributed by atoms with Gasteiger partial charge in [-0.05, 0) is 12.8 Å². The van der Waals surface area contributed by atoms with Gasteiger partial charge in [0.05, 0.1) is 24.2 Å². The molecule has 3 rings (SSSR count). The van der Waals surface area contributed by atoms with Crippen molar-refractivity contribution in [3.63, 3.8) is 0 Å². The fourth-order valence-corrected chi connectivity index (χ4v) is 2.42. The molecule has 0 spiro atoms. The molecule has 0 aromatic carbocycles. The Kier molecular flexibility index (Phi) is 4.87. The van der Waals surface area contributed by atoms with Crippen molar-refractivity contribution in [2.45, 2.75) is 18.9 Å². The summed E-state index contributed by atoms with van der Waals surface area (Å²) in [4.78, 5) is 17.5. The Labute approximate surface area is 129 Å². The van der Waals surface area contributed by atoms with E-state index in [1.54, 1.807) is 31.9 Å². The first kappa shape index (κ1) is 14.8. The van der Waals surface area contributed by atoms with Gasteiger partial charge in [-0.25, -0.2) is 9.97 Å². The van der Waals surface area contributed by atoms with Crippen LogP contribution >= 0.6 is 0 Å². The monoisotopic (exact) mass is 301 g/mol. The van der Waals surface area contributed by atoms with Gasteiger partial charge in [0, 0.05) is 44.4 Å². The minimum absolute atomic E-state index is 0.0111. The van der Waals surface area contributed by atoms with E-state index < -0.39 is 0 Å². The van der Waals surface area contributed by atoms with Crippen molar-refractivity contribution in [1.82, 2.24) is 19.9 Å². The Balaban J connectivity index is 1.91. The summed E-state index contributed by atoms with van der Waals surface area (Å²) in [5.74, 6) is 0.579. The standard InChI is InChI=1S/C15H19N5O2/c1-21-8-6-18-15-19-9-11(12-10-16-4-5-17-12)14(20-15)13-3-2-7-22-13/h4-5,9-10,13H,2-3,6-8H2,1H3,(H,18,19,20). The van der Waals surface area contributed by atoms with Crippen LogP contribution in [0.3, 0.4) is 0 Å². The van der Waals surface area contributed by atoms with Crippen LogP contribution in [-0.4, -0.2) is 46.8 Å². The van der Waals surface area contributed by atoms with Gasteiger partial charge in [0.2, 0.25) is 5.95 Å². The Morgan fingerprint density at radius 1 is 1.32 bits per heavy atom. The van der Waals surface area contributed by atoms with Gasteiger partial charge in [-0.2, -0.15) is 0 Å². The van der Waals surface area contributed by atoms with Gasteiger partial charge >= 0.3 is 0 Å². The summed E-state index contributed by atoms with van der Waals surface area (Å²) in [6, 6.07) is 0. The lowest BCUT2D eigenvalue weighted by atomic mass is 10.1. The molecule has 2 aromatic heterocycles. The summed E-state index contributed by atoms with van der Waals surface area (Å²) in [5.41, 5.74) is 2.50. The minimum atomic E-state index is -0.0111. The zero-order valence-electron chi connectivity index (χ0n) is 12.5. The molecule has 3 heterocycles. The number of rotatable bonds is 6. The summed E-state index contributed by atoms with van der Waals surface area (Å²) in [5, 5.41) is 3.15. The smallest absolute Gasteiger partial charge is 0.223 e. The van der Waals surface area contributed by atoms with Crippen molar-refractivity contribution in [1.29, 1.82) is 0 Å². The topological polar surface area (TPSA) is 82.0 Å². The van der Waals surface area contributed by atoms with E-state index in [0.717, 1.165) is 36.4 Å². The summed E-state index contributed by atoms with van der Waals surface area (Å²) in [7, 11) is 1.66. The highest BCUT2D eigenvalue weighted by molar-refractivity contribution is 5.61. The first-order valence-electron chi connectivity index (χ1n) is 7.36. The molecule has 1 saturated heterocycles. The van der Waals surface area contributed by atoms with Crippen molar-refractivity contribution in [3.8, 4) is 11.3 Å². The lowest BCUT2D eigenvalue weighted by Gasteiger charge is -2.15. The van der Waals surface area contributed by atoms with Crippen LogP contribution in [0.2, 0.25) is 0 Å². The molecular weight excluding hydrogens is 282 g/mol. The van der Waals surface area contributed by atoms with E-state index >= 15 is 0 Å². The second kappa shape index (κ2) is 7.24. The van der Waals surface area contributed by atoms with Crippen molar-refractivity contribution in [2.24, 2.45) is 0 Å². The fourth-order valence-electron chi connectivity index (χ4n) is 2.42. The van der Waals surface area contributed by atoms with E-state index in [2.05, 4.69) is 25.3 Å². The summed E-state index contributed by atoms with van der Waals surface area (Å²) >= 11 is 0. The summed E-state index contributed by atoms with van der Waals surface area (Å²) in [6.45, 7) is 2.03. The predicted octanol–water partition coefficient (Wildman–Crippen LogP) is 1.84. The number of methoxy groups -OCH3 is 1. The molecule has 1 atom stereocenters. The summed E-state index contributed by atoms with van der Waals surface area (Å²) in [6.07, 6.45) is 8.81. The Morgan fingerprint density at radius 3 is 3.00 bits per heavy atom. The zero-order valence-corrected chi connectivity index (χ0v) is 12.5. The highest BCUT2D eigenvalue weighted by Gasteiger charge is 2.24. The number of aromatic nitrogens is 4.